The van der Waals surface area contributed by atoms with Crippen molar-refractivity contribution in [3.63, 3.8) is 0 Å². The summed E-state index contributed by atoms with van der Waals surface area (Å²) in [5.74, 6) is 0.0172. The molecule has 0 saturated carbocycles. The average molecular weight is 206 g/mol. The van der Waals surface area contributed by atoms with E-state index in [1.165, 1.54) is 17.1 Å². The van der Waals surface area contributed by atoms with Gasteiger partial charge >= 0.3 is 5.69 Å². The van der Waals surface area contributed by atoms with Gasteiger partial charge in [0.2, 0.25) is 11.8 Å². The number of hydrogen-bond donors (Lipinski definition) is 1. The SMILES string of the molecule is Nc1ncc([N+](=O)[O-])c(-n2cccn2)n1. The first kappa shape index (κ1) is 9.06. The van der Waals surface area contributed by atoms with Crippen LogP contribution in [-0.2, 0) is 0 Å². The molecule has 2 N–H and O–H groups in total. The summed E-state index contributed by atoms with van der Waals surface area (Å²) in [4.78, 5) is 17.4. The van der Waals surface area contributed by atoms with Crippen LogP contribution in [0.4, 0.5) is 11.6 Å². The summed E-state index contributed by atoms with van der Waals surface area (Å²) in [5.41, 5.74) is 5.11. The molecule has 0 amide bonds. The molecule has 2 heterocycles. The highest BCUT2D eigenvalue weighted by Gasteiger charge is 2.18. The van der Waals surface area contributed by atoms with Crippen LogP contribution in [0.15, 0.2) is 24.7 Å². The fourth-order valence-corrected chi connectivity index (χ4v) is 1.07. The predicted octanol–water partition coefficient (Wildman–Crippen LogP) is 0.153. The summed E-state index contributed by atoms with van der Waals surface area (Å²) in [6.07, 6.45) is 4.08. The van der Waals surface area contributed by atoms with E-state index in [4.69, 9.17) is 5.73 Å². The van der Waals surface area contributed by atoms with E-state index < -0.39 is 4.92 Å². The van der Waals surface area contributed by atoms with Gasteiger partial charge in [0.1, 0.15) is 6.20 Å². The minimum absolute atomic E-state index is 0.0360. The Balaban J connectivity index is 2.63. The first-order valence-corrected chi connectivity index (χ1v) is 3.95. The zero-order valence-electron chi connectivity index (χ0n) is 7.44. The van der Waals surface area contributed by atoms with Crippen molar-refractivity contribution in [3.8, 4) is 5.82 Å². The Hall–Kier alpha value is -2.51. The summed E-state index contributed by atoms with van der Waals surface area (Å²) in [5, 5.41) is 14.5. The summed E-state index contributed by atoms with van der Waals surface area (Å²) in [6.45, 7) is 0. The van der Waals surface area contributed by atoms with E-state index in [0.29, 0.717) is 0 Å². The van der Waals surface area contributed by atoms with Gasteiger partial charge in [-0.3, -0.25) is 10.1 Å². The largest absolute Gasteiger partial charge is 0.368 e. The molecule has 15 heavy (non-hydrogen) atoms. The first-order valence-electron chi connectivity index (χ1n) is 3.95. The minimum Gasteiger partial charge on any atom is -0.368 e. The summed E-state index contributed by atoms with van der Waals surface area (Å²) >= 11 is 0. The Kier molecular flexibility index (Phi) is 2.01. The van der Waals surface area contributed by atoms with Crippen molar-refractivity contribution in [1.82, 2.24) is 19.7 Å². The van der Waals surface area contributed by atoms with Crippen molar-refractivity contribution in [2.24, 2.45) is 0 Å². The number of hydrogen-bond acceptors (Lipinski definition) is 6. The van der Waals surface area contributed by atoms with Crippen molar-refractivity contribution in [2.75, 3.05) is 5.73 Å². The van der Waals surface area contributed by atoms with E-state index in [-0.39, 0.29) is 17.5 Å². The third-order valence-electron chi connectivity index (χ3n) is 1.69. The molecule has 0 aliphatic heterocycles. The van der Waals surface area contributed by atoms with Crippen molar-refractivity contribution < 1.29 is 4.92 Å². The maximum atomic E-state index is 10.7. The summed E-state index contributed by atoms with van der Waals surface area (Å²) < 4.78 is 1.26. The molecule has 8 nitrogen and oxygen atoms in total. The topological polar surface area (TPSA) is 113 Å². The highest BCUT2D eigenvalue weighted by atomic mass is 16.6. The third kappa shape index (κ3) is 1.59. The van der Waals surface area contributed by atoms with Crippen LogP contribution < -0.4 is 5.73 Å². The van der Waals surface area contributed by atoms with Gasteiger partial charge in [0, 0.05) is 12.4 Å². The number of aromatic nitrogens is 4. The van der Waals surface area contributed by atoms with E-state index >= 15 is 0 Å². The molecular formula is C7H6N6O2. The lowest BCUT2D eigenvalue weighted by molar-refractivity contribution is -0.385. The molecule has 0 fully saturated rings. The molecule has 76 valence electrons. The average Bonchev–Trinajstić information content (AvgIpc) is 2.69. The van der Waals surface area contributed by atoms with Crippen LogP contribution in [0, 0.1) is 10.1 Å². The Morgan fingerprint density at radius 2 is 2.33 bits per heavy atom. The molecular weight excluding hydrogens is 200 g/mol. The van der Waals surface area contributed by atoms with Crippen LogP contribution in [0.25, 0.3) is 5.82 Å². The lowest BCUT2D eigenvalue weighted by Gasteiger charge is -2.01. The summed E-state index contributed by atoms with van der Waals surface area (Å²) in [6, 6.07) is 1.63. The van der Waals surface area contributed by atoms with E-state index in [9.17, 15) is 10.1 Å². The van der Waals surface area contributed by atoms with E-state index in [1.807, 2.05) is 0 Å². The second kappa shape index (κ2) is 3.33. The van der Waals surface area contributed by atoms with Crippen LogP contribution >= 0.6 is 0 Å². The van der Waals surface area contributed by atoms with Crippen LogP contribution in [0.1, 0.15) is 0 Å². The second-order valence-corrected chi connectivity index (χ2v) is 2.64. The zero-order chi connectivity index (χ0) is 10.8. The molecule has 0 bridgehead atoms. The van der Waals surface area contributed by atoms with Gasteiger partial charge in [-0.25, -0.2) is 9.67 Å². The van der Waals surface area contributed by atoms with Gasteiger partial charge < -0.3 is 5.73 Å². The maximum absolute atomic E-state index is 10.7. The Morgan fingerprint density at radius 1 is 1.53 bits per heavy atom. The lowest BCUT2D eigenvalue weighted by atomic mass is 10.5. The molecule has 0 atom stereocenters. The number of anilines is 1. The molecule has 0 radical (unpaired) electrons. The number of rotatable bonds is 2. The predicted molar refractivity (Wildman–Crippen MR) is 50.2 cm³/mol. The molecule has 0 aliphatic carbocycles. The van der Waals surface area contributed by atoms with Crippen LogP contribution in [-0.4, -0.2) is 24.7 Å². The molecule has 8 heteroatoms. The molecule has 0 saturated heterocycles. The monoisotopic (exact) mass is 206 g/mol. The minimum atomic E-state index is -0.587. The van der Waals surface area contributed by atoms with Crippen LogP contribution in [0.3, 0.4) is 0 Å². The Morgan fingerprint density at radius 3 is 2.93 bits per heavy atom. The van der Waals surface area contributed by atoms with Gasteiger partial charge in [0.05, 0.1) is 4.92 Å². The van der Waals surface area contributed by atoms with Gasteiger partial charge in [0.25, 0.3) is 0 Å². The van der Waals surface area contributed by atoms with Gasteiger partial charge in [-0.1, -0.05) is 0 Å². The molecule has 2 aromatic heterocycles. The van der Waals surface area contributed by atoms with Crippen molar-refractivity contribution >= 4 is 11.6 Å². The fraction of sp³-hybridized carbons (Fsp3) is 0. The lowest BCUT2D eigenvalue weighted by Crippen LogP contribution is -2.07. The van der Waals surface area contributed by atoms with Crippen molar-refractivity contribution in [3.05, 3.63) is 34.8 Å². The van der Waals surface area contributed by atoms with Gasteiger partial charge in [-0.05, 0) is 6.07 Å². The van der Waals surface area contributed by atoms with Gasteiger partial charge in [0.15, 0.2) is 0 Å². The standard InChI is InChI=1S/C7H6N6O2/c8-7-9-4-5(13(14)15)6(11-7)12-3-1-2-10-12/h1-4H,(H2,8,9,11). The Labute approximate surface area is 83.5 Å². The molecule has 0 unspecified atom stereocenters. The van der Waals surface area contributed by atoms with Gasteiger partial charge in [-0.2, -0.15) is 10.1 Å². The fourth-order valence-electron chi connectivity index (χ4n) is 1.07. The molecule has 0 aliphatic rings. The Bertz CT molecular complexity index is 494. The number of nitro groups is 1. The molecule has 2 rings (SSSR count). The highest BCUT2D eigenvalue weighted by molar-refractivity contribution is 5.46. The van der Waals surface area contributed by atoms with E-state index in [2.05, 4.69) is 15.1 Å². The number of nitrogens with two attached hydrogens (primary N) is 1. The van der Waals surface area contributed by atoms with Crippen LogP contribution in [0.2, 0.25) is 0 Å². The smallest absolute Gasteiger partial charge is 0.332 e. The second-order valence-electron chi connectivity index (χ2n) is 2.64. The first-order chi connectivity index (χ1) is 7.18. The maximum Gasteiger partial charge on any atom is 0.332 e. The van der Waals surface area contributed by atoms with Gasteiger partial charge in [-0.15, -0.1) is 0 Å². The zero-order valence-corrected chi connectivity index (χ0v) is 7.44. The quantitative estimate of drug-likeness (QED) is 0.552. The normalized spacial score (nSPS) is 10.1. The third-order valence-corrected chi connectivity index (χ3v) is 1.69. The van der Waals surface area contributed by atoms with E-state index in [0.717, 1.165) is 6.20 Å². The summed E-state index contributed by atoms with van der Waals surface area (Å²) in [7, 11) is 0. The molecule has 0 spiro atoms. The van der Waals surface area contributed by atoms with Crippen molar-refractivity contribution in [2.45, 2.75) is 0 Å². The molecule has 0 aromatic carbocycles. The number of nitrogens with zero attached hydrogens (tertiary/aromatic N) is 5. The molecule has 2 aromatic rings. The highest BCUT2D eigenvalue weighted by Crippen LogP contribution is 2.18. The van der Waals surface area contributed by atoms with Crippen LogP contribution in [0.5, 0.6) is 0 Å². The van der Waals surface area contributed by atoms with E-state index in [1.54, 1.807) is 6.07 Å². The van der Waals surface area contributed by atoms with Crippen molar-refractivity contribution in [1.29, 1.82) is 0 Å². The number of nitrogen functional groups attached to an aromatic ring is 1.